The topological polar surface area (TPSA) is 72.8 Å². The fraction of sp³-hybridized carbons (Fsp3) is 0.571. The quantitative estimate of drug-likeness (QED) is 0.519. The molecule has 1 atom stereocenters. The minimum atomic E-state index is -0.495. The second-order valence-electron chi connectivity index (χ2n) is 9.39. The van der Waals surface area contributed by atoms with E-state index in [1.54, 1.807) is 0 Å². The first-order valence-corrected chi connectivity index (χ1v) is 10.1. The number of carbonyl (C=O) groups excluding carboxylic acids is 1. The van der Waals surface area contributed by atoms with Gasteiger partial charge in [-0.2, -0.15) is 5.06 Å². The summed E-state index contributed by atoms with van der Waals surface area (Å²) in [4.78, 5) is 12.9. The zero-order valence-corrected chi connectivity index (χ0v) is 18.4. The molecule has 1 saturated heterocycles. The number of hydrogen-bond acceptors (Lipinski definition) is 5. The van der Waals surface area contributed by atoms with Crippen molar-refractivity contribution in [1.82, 2.24) is 10.4 Å². The predicted molar refractivity (Wildman–Crippen MR) is 112 cm³/mol. The van der Waals surface area contributed by atoms with E-state index >= 15 is 0 Å². The minimum Gasteiger partial charge on any atom is -0.507 e. The summed E-state index contributed by atoms with van der Waals surface area (Å²) in [6.45, 7) is 16.1. The van der Waals surface area contributed by atoms with Gasteiger partial charge in [0.05, 0.1) is 4.91 Å². The van der Waals surface area contributed by atoms with E-state index in [1.165, 1.54) is 11.8 Å². The van der Waals surface area contributed by atoms with Gasteiger partial charge >= 0.3 is 0 Å². The largest absolute Gasteiger partial charge is 0.507 e. The van der Waals surface area contributed by atoms with E-state index < -0.39 is 5.50 Å². The molecule has 1 unspecified atom stereocenters. The summed E-state index contributed by atoms with van der Waals surface area (Å²) in [5, 5.41) is 24.9. The number of nitrogens with zero attached hydrogens (tertiary/aromatic N) is 1. The average molecular weight is 393 g/mol. The third-order valence-electron chi connectivity index (χ3n) is 4.53. The van der Waals surface area contributed by atoms with Crippen LogP contribution >= 0.6 is 11.8 Å². The lowest BCUT2D eigenvalue weighted by atomic mass is 9.78. The first-order chi connectivity index (χ1) is 12.2. The number of carbonyl (C=O) groups is 1. The van der Waals surface area contributed by atoms with Crippen molar-refractivity contribution < 1.29 is 15.1 Å². The number of hydroxylamine groups is 2. The lowest BCUT2D eigenvalue weighted by Gasteiger charge is -2.28. The molecule has 3 N–H and O–H groups in total. The second-order valence-corrected chi connectivity index (χ2v) is 10.5. The molecule has 0 saturated carbocycles. The van der Waals surface area contributed by atoms with E-state index in [0.717, 1.165) is 21.8 Å². The number of benzene rings is 1. The summed E-state index contributed by atoms with van der Waals surface area (Å²) >= 11 is 1.29. The van der Waals surface area contributed by atoms with Gasteiger partial charge in [0.2, 0.25) is 0 Å². The van der Waals surface area contributed by atoms with E-state index in [0.29, 0.717) is 10.7 Å². The first kappa shape index (κ1) is 21.8. The zero-order valence-electron chi connectivity index (χ0n) is 17.5. The Bertz CT molecular complexity index is 723. The maximum atomic E-state index is 12.4. The molecule has 0 bridgehead atoms. The summed E-state index contributed by atoms with van der Waals surface area (Å²) in [5.41, 5.74) is 1.62. The number of nitrogens with one attached hydrogen (secondary N) is 1. The van der Waals surface area contributed by atoms with Crippen LogP contribution in [0, 0.1) is 0 Å². The van der Waals surface area contributed by atoms with Gasteiger partial charge in [0.1, 0.15) is 5.75 Å². The maximum Gasteiger partial charge on any atom is 0.259 e. The molecule has 0 radical (unpaired) electrons. The Kier molecular flexibility index (Phi) is 6.05. The monoisotopic (exact) mass is 392 g/mol. The number of thioether (sulfide) groups is 1. The molecule has 1 amide bonds. The molecular formula is C21H32N2O3S. The van der Waals surface area contributed by atoms with Crippen molar-refractivity contribution in [2.45, 2.75) is 77.8 Å². The van der Waals surface area contributed by atoms with Gasteiger partial charge in [0, 0.05) is 17.2 Å². The van der Waals surface area contributed by atoms with Gasteiger partial charge < -0.3 is 15.6 Å². The van der Waals surface area contributed by atoms with E-state index in [4.69, 9.17) is 0 Å². The van der Waals surface area contributed by atoms with Crippen LogP contribution < -0.4 is 5.32 Å². The molecule has 6 heteroatoms. The SMILES string of the molecule is CC(C)N(O)C1NC(=O)C(=Cc2cc(C(C)(C)C)c(O)c(C(C)(C)C)c2)S1. The molecule has 1 aliphatic rings. The molecule has 0 spiro atoms. The predicted octanol–water partition coefficient (Wildman–Crippen LogP) is 4.57. The number of hydrogen-bond donors (Lipinski definition) is 3. The lowest BCUT2D eigenvalue weighted by Crippen LogP contribution is -2.43. The highest BCUT2D eigenvalue weighted by Crippen LogP contribution is 2.41. The van der Waals surface area contributed by atoms with Gasteiger partial charge in [-0.1, -0.05) is 53.3 Å². The summed E-state index contributed by atoms with van der Waals surface area (Å²) < 4.78 is 0. The molecular weight excluding hydrogens is 360 g/mol. The van der Waals surface area contributed by atoms with E-state index in [-0.39, 0.29) is 22.8 Å². The standard InChI is InChI=1S/C21H32N2O3S/c1-12(2)23(26)19-22-18(25)16(27-19)11-13-9-14(20(3,4)5)17(24)15(10-13)21(6,7)8/h9-12,19,24,26H,1-8H3,(H,22,25). The van der Waals surface area contributed by atoms with Gasteiger partial charge in [0.15, 0.2) is 5.50 Å². The summed E-state index contributed by atoms with van der Waals surface area (Å²) in [5.74, 6) is 0.118. The van der Waals surface area contributed by atoms with Gasteiger partial charge in [-0.15, -0.1) is 0 Å². The second kappa shape index (κ2) is 7.49. The molecule has 150 valence electrons. The van der Waals surface area contributed by atoms with Crippen molar-refractivity contribution in [3.8, 4) is 5.75 Å². The van der Waals surface area contributed by atoms with Crippen LogP contribution in [0.5, 0.6) is 5.75 Å². The van der Waals surface area contributed by atoms with Crippen molar-refractivity contribution in [2.75, 3.05) is 0 Å². The highest BCUT2D eigenvalue weighted by molar-refractivity contribution is 8.05. The third kappa shape index (κ3) is 4.86. The number of amides is 1. The smallest absolute Gasteiger partial charge is 0.259 e. The first-order valence-electron chi connectivity index (χ1n) is 9.26. The van der Waals surface area contributed by atoms with Crippen LogP contribution in [0.25, 0.3) is 6.08 Å². The fourth-order valence-corrected chi connectivity index (χ4v) is 4.04. The Balaban J connectivity index is 2.50. The molecule has 0 aromatic heterocycles. The summed E-state index contributed by atoms with van der Waals surface area (Å²) in [6, 6.07) is 3.78. The van der Waals surface area contributed by atoms with E-state index in [9.17, 15) is 15.1 Å². The van der Waals surface area contributed by atoms with Crippen LogP contribution in [0.3, 0.4) is 0 Å². The molecule has 1 heterocycles. The van der Waals surface area contributed by atoms with Crippen molar-refractivity contribution in [3.63, 3.8) is 0 Å². The molecule has 1 aromatic carbocycles. The van der Waals surface area contributed by atoms with E-state index in [1.807, 2.05) is 32.1 Å². The fourth-order valence-electron chi connectivity index (χ4n) is 2.91. The van der Waals surface area contributed by atoms with Crippen molar-refractivity contribution in [3.05, 3.63) is 33.7 Å². The molecule has 2 rings (SSSR count). The van der Waals surface area contributed by atoms with Crippen LogP contribution in [0.15, 0.2) is 17.0 Å². The molecule has 27 heavy (non-hydrogen) atoms. The Labute approximate surface area is 166 Å². The van der Waals surface area contributed by atoms with Gasteiger partial charge in [0.25, 0.3) is 5.91 Å². The molecule has 1 aliphatic heterocycles. The Morgan fingerprint density at radius 3 is 2.00 bits per heavy atom. The van der Waals surface area contributed by atoms with E-state index in [2.05, 4.69) is 46.9 Å². The lowest BCUT2D eigenvalue weighted by molar-refractivity contribution is -0.140. The van der Waals surface area contributed by atoms with Crippen LogP contribution in [0.2, 0.25) is 0 Å². The van der Waals surface area contributed by atoms with Gasteiger partial charge in [-0.05, 0) is 48.4 Å². The summed E-state index contributed by atoms with van der Waals surface area (Å²) in [6.07, 6.45) is 1.83. The van der Waals surface area contributed by atoms with Crippen LogP contribution in [0.4, 0.5) is 0 Å². The van der Waals surface area contributed by atoms with Gasteiger partial charge in [-0.3, -0.25) is 4.79 Å². The van der Waals surface area contributed by atoms with Crippen molar-refractivity contribution in [1.29, 1.82) is 0 Å². The molecule has 0 aliphatic carbocycles. The number of aromatic hydroxyl groups is 1. The zero-order chi connectivity index (χ0) is 20.7. The number of phenols is 1. The van der Waals surface area contributed by atoms with Gasteiger partial charge in [-0.25, -0.2) is 0 Å². The van der Waals surface area contributed by atoms with Crippen molar-refractivity contribution >= 4 is 23.7 Å². The minimum absolute atomic E-state index is 0.101. The van der Waals surface area contributed by atoms with Crippen molar-refractivity contribution in [2.24, 2.45) is 0 Å². The normalized spacial score (nSPS) is 20.0. The molecule has 1 fully saturated rings. The molecule has 1 aromatic rings. The average Bonchev–Trinajstić information content (AvgIpc) is 2.86. The number of phenolic OH excluding ortho intramolecular Hbond substituents is 1. The summed E-state index contributed by atoms with van der Waals surface area (Å²) in [7, 11) is 0. The highest BCUT2D eigenvalue weighted by atomic mass is 32.2. The Morgan fingerprint density at radius 2 is 1.59 bits per heavy atom. The Morgan fingerprint density at radius 1 is 1.11 bits per heavy atom. The Hall–Kier alpha value is -1.50. The number of rotatable bonds is 3. The highest BCUT2D eigenvalue weighted by Gasteiger charge is 2.33. The maximum absolute atomic E-state index is 12.4. The van der Waals surface area contributed by atoms with Crippen LogP contribution in [-0.4, -0.2) is 32.8 Å². The third-order valence-corrected chi connectivity index (χ3v) is 5.65. The van der Waals surface area contributed by atoms with Crippen LogP contribution in [0.1, 0.15) is 72.1 Å². The molecule has 5 nitrogen and oxygen atoms in total. The van der Waals surface area contributed by atoms with Crippen LogP contribution in [-0.2, 0) is 15.6 Å².